The summed E-state index contributed by atoms with van der Waals surface area (Å²) in [5.74, 6) is 0.401. The molecular formula is C8H14O3. The lowest BCUT2D eigenvalue weighted by atomic mass is 9.70. The maximum atomic E-state index is 6.92. The van der Waals surface area contributed by atoms with Crippen LogP contribution in [0.3, 0.4) is 0 Å². The van der Waals surface area contributed by atoms with Crippen LogP contribution in [0.1, 0.15) is 13.3 Å². The van der Waals surface area contributed by atoms with E-state index in [4.69, 9.17) is 10.9 Å². The third-order valence-corrected chi connectivity index (χ3v) is 2.90. The number of methoxy groups -OCH3 is 1. The van der Waals surface area contributed by atoms with Gasteiger partial charge in [0.15, 0.2) is 0 Å². The van der Waals surface area contributed by atoms with Gasteiger partial charge >= 0.3 is 0 Å². The summed E-state index contributed by atoms with van der Waals surface area (Å²) in [6, 6.07) is 0. The monoisotopic (exact) mass is 160 g/mol. The summed E-state index contributed by atoms with van der Waals surface area (Å²) in [4.78, 5) is 0. The first-order valence-corrected chi connectivity index (χ1v) is 4.02. The van der Waals surface area contributed by atoms with Gasteiger partial charge < -0.3 is 14.6 Å². The molecule has 2 bridgehead atoms. The van der Waals surface area contributed by atoms with Crippen molar-refractivity contribution in [3.05, 3.63) is 0 Å². The highest BCUT2D eigenvalue weighted by molar-refractivity contribution is 5.12. The van der Waals surface area contributed by atoms with E-state index in [1.807, 2.05) is 6.92 Å². The first-order chi connectivity index (χ1) is 5.73. The van der Waals surface area contributed by atoms with Gasteiger partial charge in [-0.1, -0.05) is 0 Å². The predicted molar refractivity (Wildman–Crippen MR) is 39.3 cm³/mol. The van der Waals surface area contributed by atoms with Crippen LogP contribution in [-0.4, -0.2) is 38.1 Å². The van der Waals surface area contributed by atoms with Gasteiger partial charge in [0, 0.05) is 13.0 Å². The Morgan fingerprint density at radius 2 is 2.73 bits per heavy atom. The van der Waals surface area contributed by atoms with E-state index in [0.29, 0.717) is 12.5 Å². The number of aliphatic hydroxyl groups is 1. The summed E-state index contributed by atoms with van der Waals surface area (Å²) >= 11 is 0. The van der Waals surface area contributed by atoms with Gasteiger partial charge in [0.2, 0.25) is 1.43 Å². The van der Waals surface area contributed by atoms with Crippen molar-refractivity contribution in [3.63, 3.8) is 0 Å². The molecule has 0 spiro atoms. The van der Waals surface area contributed by atoms with Crippen molar-refractivity contribution >= 4 is 0 Å². The van der Waals surface area contributed by atoms with Crippen molar-refractivity contribution in [2.75, 3.05) is 13.7 Å². The highest BCUT2D eigenvalue weighted by Crippen LogP contribution is 2.52. The summed E-state index contributed by atoms with van der Waals surface area (Å²) in [5.41, 5.74) is -0.305. The summed E-state index contributed by atoms with van der Waals surface area (Å²) in [7, 11) is 1.65. The summed E-state index contributed by atoms with van der Waals surface area (Å²) in [6.45, 7) is 2.57. The Labute approximate surface area is 67.8 Å². The molecule has 3 aliphatic rings. The Balaban J connectivity index is 2.08. The molecule has 3 heteroatoms. The van der Waals surface area contributed by atoms with E-state index in [2.05, 4.69) is 5.11 Å². The number of hydrogen-bond donors (Lipinski definition) is 1. The van der Waals surface area contributed by atoms with E-state index < -0.39 is 0 Å². The van der Waals surface area contributed by atoms with Gasteiger partial charge in [-0.15, -0.1) is 0 Å². The van der Waals surface area contributed by atoms with Crippen LogP contribution in [0.5, 0.6) is 0 Å². The fraction of sp³-hybridized carbons (Fsp3) is 1.00. The van der Waals surface area contributed by atoms with Crippen LogP contribution in [0.2, 0.25) is 0 Å². The molecule has 1 N–H and O–H groups in total. The van der Waals surface area contributed by atoms with Gasteiger partial charge in [-0.2, -0.15) is 0 Å². The lowest BCUT2D eigenvalue weighted by Gasteiger charge is -2.40. The Morgan fingerprint density at radius 3 is 3.27 bits per heavy atom. The standard InChI is InChI=1S/C8H14O3/c1-5-6-3-8(11-5,4-10-2)7(6)9/h5-7,9H,3-4H2,1-2H3/t5-,6+,7+,8-/m0/s1/i9T. The second-order valence-electron chi connectivity index (χ2n) is 3.61. The quantitative estimate of drug-likeness (QED) is 0.639. The van der Waals surface area contributed by atoms with E-state index in [-0.39, 0.29) is 17.8 Å². The van der Waals surface area contributed by atoms with Gasteiger partial charge in [0.05, 0.1) is 18.8 Å². The summed E-state index contributed by atoms with van der Waals surface area (Å²) in [5, 5.41) is 4.64. The fourth-order valence-electron chi connectivity index (χ4n) is 2.26. The molecule has 11 heavy (non-hydrogen) atoms. The van der Waals surface area contributed by atoms with Crippen molar-refractivity contribution in [2.45, 2.75) is 31.2 Å². The average molecular weight is 160 g/mol. The molecule has 3 rings (SSSR count). The van der Waals surface area contributed by atoms with E-state index >= 15 is 0 Å². The zero-order valence-electron chi connectivity index (χ0n) is 7.87. The van der Waals surface area contributed by atoms with Crippen LogP contribution in [0, 0.1) is 5.92 Å². The van der Waals surface area contributed by atoms with Crippen molar-refractivity contribution in [1.82, 2.24) is 0 Å². The molecule has 2 heterocycles. The van der Waals surface area contributed by atoms with Crippen LogP contribution < -0.4 is 0 Å². The second kappa shape index (κ2) is 2.19. The zero-order valence-corrected chi connectivity index (χ0v) is 6.87. The normalized spacial score (nSPS) is 55.5. The molecule has 1 aliphatic carbocycles. The number of aliphatic hydroxyl groups excluding tert-OH is 1. The van der Waals surface area contributed by atoms with Gasteiger partial charge in [0.1, 0.15) is 5.60 Å². The van der Waals surface area contributed by atoms with Crippen LogP contribution >= 0.6 is 0 Å². The molecule has 0 aromatic rings. The lowest BCUT2D eigenvalue weighted by Crippen LogP contribution is -2.55. The van der Waals surface area contributed by atoms with Crippen molar-refractivity contribution in [3.8, 4) is 0 Å². The predicted octanol–water partition coefficient (Wildman–Crippen LogP) is 0.171. The Kier molecular flexibility index (Phi) is 1.27. The molecule has 2 aliphatic heterocycles. The van der Waals surface area contributed by atoms with Crippen LogP contribution in [0.25, 0.3) is 0 Å². The minimum atomic E-state index is -0.305. The zero-order chi connectivity index (χ0) is 8.77. The van der Waals surface area contributed by atoms with Crippen molar-refractivity contribution < 1.29 is 14.6 Å². The molecule has 0 aromatic carbocycles. The number of fused-ring (bicyclic) bond motifs is 1. The minimum absolute atomic E-state index is 0.0764. The summed E-state index contributed by atoms with van der Waals surface area (Å²) in [6.07, 6.45) is 1.12. The molecule has 0 unspecified atom stereocenters. The first-order valence-electron chi connectivity index (χ1n) is 4.43. The number of ether oxygens (including phenoxy) is 2. The molecular weight excluding hydrogens is 144 g/mol. The van der Waals surface area contributed by atoms with E-state index in [1.54, 1.807) is 7.11 Å². The topological polar surface area (TPSA) is 38.7 Å². The maximum Gasteiger partial charge on any atom is 0.211 e. The largest absolute Gasteiger partial charge is 0.390 e. The first kappa shape index (κ1) is 6.40. The Morgan fingerprint density at radius 1 is 1.91 bits per heavy atom. The Bertz CT molecular complexity index is 183. The molecule has 0 aromatic heterocycles. The SMILES string of the molecule is [3H]O[C@@H]1[C@@H]2C[C@@]1(COC)O[C@H]2C. The molecule has 0 amide bonds. The van der Waals surface area contributed by atoms with Crippen LogP contribution in [-0.2, 0) is 9.47 Å². The molecule has 64 valence electrons. The second-order valence-corrected chi connectivity index (χ2v) is 3.61. The smallest absolute Gasteiger partial charge is 0.211 e. The third kappa shape index (κ3) is 0.789. The number of hydrogen-bond acceptors (Lipinski definition) is 3. The van der Waals surface area contributed by atoms with Gasteiger partial charge in [-0.3, -0.25) is 0 Å². The lowest BCUT2D eigenvalue weighted by molar-refractivity contribution is -0.143. The molecule has 2 saturated heterocycles. The highest BCUT2D eigenvalue weighted by Gasteiger charge is 2.63. The van der Waals surface area contributed by atoms with Gasteiger partial charge in [-0.25, -0.2) is 0 Å². The third-order valence-electron chi connectivity index (χ3n) is 2.90. The van der Waals surface area contributed by atoms with E-state index in [9.17, 15) is 0 Å². The molecule has 3 fully saturated rings. The summed E-state index contributed by atoms with van der Waals surface area (Å²) < 4.78 is 17.7. The van der Waals surface area contributed by atoms with Crippen molar-refractivity contribution in [1.29, 1.82) is 1.43 Å². The molecule has 3 nitrogen and oxygen atoms in total. The maximum absolute atomic E-state index is 6.92. The van der Waals surface area contributed by atoms with Gasteiger partial charge in [-0.05, 0) is 13.3 Å². The Hall–Kier alpha value is -0.120. The van der Waals surface area contributed by atoms with E-state index in [0.717, 1.165) is 6.42 Å². The van der Waals surface area contributed by atoms with Crippen LogP contribution in [0.4, 0.5) is 0 Å². The average Bonchev–Trinajstić information content (AvgIpc) is 2.42. The molecule has 4 atom stereocenters. The van der Waals surface area contributed by atoms with Crippen LogP contribution in [0.15, 0.2) is 0 Å². The minimum Gasteiger partial charge on any atom is -0.390 e. The highest BCUT2D eigenvalue weighted by atomic mass is 16.6. The van der Waals surface area contributed by atoms with Gasteiger partial charge in [0.25, 0.3) is 0 Å². The van der Waals surface area contributed by atoms with E-state index in [1.165, 1.54) is 0 Å². The molecule has 0 radical (unpaired) electrons. The number of rotatable bonds is 3. The molecule has 1 saturated carbocycles. The fourth-order valence-corrected chi connectivity index (χ4v) is 2.26. The van der Waals surface area contributed by atoms with Crippen molar-refractivity contribution in [2.24, 2.45) is 5.92 Å².